The lowest BCUT2D eigenvalue weighted by Crippen LogP contribution is -2.31. The van der Waals surface area contributed by atoms with Gasteiger partial charge >= 0.3 is 0 Å². The second-order valence-electron chi connectivity index (χ2n) is 4.35. The van der Waals surface area contributed by atoms with E-state index in [-0.39, 0.29) is 11.9 Å². The first-order valence-corrected chi connectivity index (χ1v) is 7.05. The molecule has 0 aromatic carbocycles. The zero-order valence-corrected chi connectivity index (χ0v) is 10.9. The summed E-state index contributed by atoms with van der Waals surface area (Å²) < 4.78 is 11.2. The molecule has 0 aliphatic carbocycles. The van der Waals surface area contributed by atoms with Crippen LogP contribution in [0, 0.1) is 0 Å². The van der Waals surface area contributed by atoms with Gasteiger partial charge in [0, 0.05) is 6.54 Å². The second-order valence-corrected chi connectivity index (χ2v) is 5.34. The molecule has 1 aliphatic rings. The number of ether oxygens (including phenoxy) is 2. The number of thioether (sulfide) groups is 1. The van der Waals surface area contributed by atoms with E-state index < -0.39 is 0 Å². The van der Waals surface area contributed by atoms with E-state index in [9.17, 15) is 0 Å². The van der Waals surface area contributed by atoms with Crippen LogP contribution in [-0.4, -0.2) is 43.6 Å². The number of unbranched alkanes of at least 4 members (excludes halogenated alkanes) is 1. The van der Waals surface area contributed by atoms with E-state index >= 15 is 0 Å². The Morgan fingerprint density at radius 2 is 2.20 bits per heavy atom. The van der Waals surface area contributed by atoms with Gasteiger partial charge < -0.3 is 14.8 Å². The average molecular weight is 233 g/mol. The molecule has 15 heavy (non-hydrogen) atoms. The fourth-order valence-corrected chi connectivity index (χ4v) is 2.12. The van der Waals surface area contributed by atoms with Crippen LogP contribution in [0.4, 0.5) is 0 Å². The summed E-state index contributed by atoms with van der Waals surface area (Å²) >= 11 is 1.91. The standard InChI is InChI=1S/C11H23NO2S/c1-11(2)13-9-10(14-11)8-12-6-4-5-7-15-3/h10,12H,4-9H2,1-3H3. The Bertz CT molecular complexity index is 176. The molecule has 1 fully saturated rings. The van der Waals surface area contributed by atoms with Crippen molar-refractivity contribution in [2.45, 2.75) is 38.6 Å². The molecule has 0 aromatic heterocycles. The normalized spacial score (nSPS) is 24.6. The van der Waals surface area contributed by atoms with Crippen LogP contribution in [0.25, 0.3) is 0 Å². The first kappa shape index (κ1) is 13.3. The van der Waals surface area contributed by atoms with Gasteiger partial charge in [-0.1, -0.05) is 0 Å². The minimum absolute atomic E-state index is 0.223. The summed E-state index contributed by atoms with van der Waals surface area (Å²) in [6.07, 6.45) is 4.92. The van der Waals surface area contributed by atoms with Gasteiger partial charge in [0.2, 0.25) is 0 Å². The molecular weight excluding hydrogens is 210 g/mol. The van der Waals surface area contributed by atoms with E-state index in [2.05, 4.69) is 11.6 Å². The third-order valence-corrected chi connectivity index (χ3v) is 3.09. The summed E-state index contributed by atoms with van der Waals surface area (Å²) in [5.74, 6) is 0.878. The second kappa shape index (κ2) is 6.74. The van der Waals surface area contributed by atoms with Gasteiger partial charge in [0.05, 0.1) is 12.7 Å². The summed E-state index contributed by atoms with van der Waals surface area (Å²) in [7, 11) is 0. The van der Waals surface area contributed by atoms with Gasteiger partial charge in [-0.2, -0.15) is 11.8 Å². The molecule has 0 amide bonds. The van der Waals surface area contributed by atoms with Crippen LogP contribution < -0.4 is 5.32 Å². The Balaban J connectivity index is 1.93. The SMILES string of the molecule is CSCCCCNCC1COC(C)(C)O1. The predicted octanol–water partition coefficient (Wildman–Crippen LogP) is 1.87. The molecule has 0 saturated carbocycles. The highest BCUT2D eigenvalue weighted by Gasteiger charge is 2.31. The molecule has 1 saturated heterocycles. The summed E-state index contributed by atoms with van der Waals surface area (Å²) in [4.78, 5) is 0. The maximum atomic E-state index is 5.69. The molecule has 1 aliphatic heterocycles. The van der Waals surface area contributed by atoms with Gasteiger partial charge in [0.1, 0.15) is 0 Å². The lowest BCUT2D eigenvalue weighted by atomic mass is 10.3. The fourth-order valence-electron chi connectivity index (χ4n) is 1.62. The monoisotopic (exact) mass is 233 g/mol. The van der Waals surface area contributed by atoms with Crippen LogP contribution >= 0.6 is 11.8 Å². The molecule has 1 unspecified atom stereocenters. The van der Waals surface area contributed by atoms with Crippen molar-refractivity contribution in [2.75, 3.05) is 31.7 Å². The van der Waals surface area contributed by atoms with Crippen LogP contribution in [0.5, 0.6) is 0 Å². The molecule has 1 atom stereocenters. The molecule has 3 nitrogen and oxygen atoms in total. The van der Waals surface area contributed by atoms with Crippen LogP contribution in [-0.2, 0) is 9.47 Å². The lowest BCUT2D eigenvalue weighted by molar-refractivity contribution is -0.137. The number of hydrogen-bond donors (Lipinski definition) is 1. The van der Waals surface area contributed by atoms with Crippen molar-refractivity contribution in [1.29, 1.82) is 0 Å². The van der Waals surface area contributed by atoms with E-state index in [1.54, 1.807) is 0 Å². The van der Waals surface area contributed by atoms with Gasteiger partial charge in [0.25, 0.3) is 0 Å². The maximum absolute atomic E-state index is 5.69. The average Bonchev–Trinajstić information content (AvgIpc) is 2.52. The molecule has 1 heterocycles. The zero-order chi connectivity index (χ0) is 11.1. The molecule has 0 radical (unpaired) electrons. The van der Waals surface area contributed by atoms with Crippen molar-refractivity contribution in [2.24, 2.45) is 0 Å². The molecular formula is C11H23NO2S. The largest absolute Gasteiger partial charge is 0.348 e. The summed E-state index contributed by atoms with van der Waals surface area (Å²) in [6.45, 7) is 6.63. The van der Waals surface area contributed by atoms with Gasteiger partial charge in [-0.3, -0.25) is 0 Å². The van der Waals surface area contributed by atoms with Crippen molar-refractivity contribution >= 4 is 11.8 Å². The summed E-state index contributed by atoms with van der Waals surface area (Å²) in [5.41, 5.74) is 0. The molecule has 90 valence electrons. The highest BCUT2D eigenvalue weighted by Crippen LogP contribution is 2.21. The number of hydrogen-bond acceptors (Lipinski definition) is 4. The molecule has 0 spiro atoms. The van der Waals surface area contributed by atoms with Crippen LogP contribution in [0.1, 0.15) is 26.7 Å². The van der Waals surface area contributed by atoms with E-state index in [0.29, 0.717) is 6.61 Å². The van der Waals surface area contributed by atoms with Gasteiger partial charge in [-0.05, 0) is 45.2 Å². The quantitative estimate of drug-likeness (QED) is 0.680. The molecule has 1 rings (SSSR count). The van der Waals surface area contributed by atoms with Crippen molar-refractivity contribution in [3.63, 3.8) is 0 Å². The van der Waals surface area contributed by atoms with Gasteiger partial charge in [-0.15, -0.1) is 0 Å². The minimum atomic E-state index is -0.384. The Hall–Kier alpha value is 0.230. The zero-order valence-electron chi connectivity index (χ0n) is 10.0. The van der Waals surface area contributed by atoms with Crippen molar-refractivity contribution in [3.05, 3.63) is 0 Å². The van der Waals surface area contributed by atoms with E-state index in [0.717, 1.165) is 13.1 Å². The van der Waals surface area contributed by atoms with Gasteiger partial charge in [-0.25, -0.2) is 0 Å². The van der Waals surface area contributed by atoms with Crippen molar-refractivity contribution in [3.8, 4) is 0 Å². The number of nitrogens with one attached hydrogen (secondary N) is 1. The minimum Gasteiger partial charge on any atom is -0.348 e. The third kappa shape index (κ3) is 5.76. The van der Waals surface area contributed by atoms with Crippen LogP contribution in [0.2, 0.25) is 0 Å². The van der Waals surface area contributed by atoms with Crippen molar-refractivity contribution in [1.82, 2.24) is 5.32 Å². The Morgan fingerprint density at radius 1 is 1.40 bits per heavy atom. The van der Waals surface area contributed by atoms with Crippen LogP contribution in [0.3, 0.4) is 0 Å². The Kier molecular flexibility index (Phi) is 5.97. The first-order chi connectivity index (χ1) is 7.14. The Labute approximate surface area is 97.3 Å². The third-order valence-electron chi connectivity index (χ3n) is 2.39. The van der Waals surface area contributed by atoms with E-state index in [4.69, 9.17) is 9.47 Å². The fraction of sp³-hybridized carbons (Fsp3) is 1.00. The van der Waals surface area contributed by atoms with Crippen LogP contribution in [0.15, 0.2) is 0 Å². The molecule has 0 bridgehead atoms. The molecule has 4 heteroatoms. The van der Waals surface area contributed by atoms with E-state index in [1.807, 2.05) is 25.6 Å². The highest BCUT2D eigenvalue weighted by molar-refractivity contribution is 7.98. The number of rotatable bonds is 7. The lowest BCUT2D eigenvalue weighted by Gasteiger charge is -2.17. The molecule has 1 N–H and O–H groups in total. The summed E-state index contributed by atoms with van der Waals surface area (Å²) in [6, 6.07) is 0. The first-order valence-electron chi connectivity index (χ1n) is 5.65. The van der Waals surface area contributed by atoms with Crippen molar-refractivity contribution < 1.29 is 9.47 Å². The predicted molar refractivity (Wildman–Crippen MR) is 65.4 cm³/mol. The highest BCUT2D eigenvalue weighted by atomic mass is 32.2. The smallest absolute Gasteiger partial charge is 0.163 e. The van der Waals surface area contributed by atoms with E-state index in [1.165, 1.54) is 18.6 Å². The summed E-state index contributed by atoms with van der Waals surface area (Å²) in [5, 5.41) is 3.41. The Morgan fingerprint density at radius 3 is 2.80 bits per heavy atom. The van der Waals surface area contributed by atoms with Gasteiger partial charge in [0.15, 0.2) is 5.79 Å². The topological polar surface area (TPSA) is 30.5 Å². The molecule has 0 aromatic rings. The maximum Gasteiger partial charge on any atom is 0.163 e.